The fourth-order valence-corrected chi connectivity index (χ4v) is 1.77. The second-order valence-electron chi connectivity index (χ2n) is 3.60. The Balaban J connectivity index is 0.000000531. The van der Waals surface area contributed by atoms with Crippen molar-refractivity contribution < 1.29 is 4.39 Å². The molecule has 84 valence electrons. The highest BCUT2D eigenvalue weighted by Gasteiger charge is 2.26. The molecule has 1 heterocycles. The van der Waals surface area contributed by atoms with Gasteiger partial charge in [0.25, 0.3) is 0 Å². The van der Waals surface area contributed by atoms with E-state index in [1.807, 2.05) is 26.0 Å². The van der Waals surface area contributed by atoms with Gasteiger partial charge in [0.05, 0.1) is 0 Å². The molecule has 0 amide bonds. The molecule has 0 aliphatic carbocycles. The third kappa shape index (κ3) is 3.03. The fourth-order valence-electron chi connectivity index (χ4n) is 1.77. The maximum absolute atomic E-state index is 12.6. The summed E-state index contributed by atoms with van der Waals surface area (Å²) in [5.41, 5.74) is 1.27. The number of benzene rings is 1. The first-order valence-corrected chi connectivity index (χ1v) is 5.77. The van der Waals surface area contributed by atoms with Gasteiger partial charge >= 0.3 is 0 Å². The van der Waals surface area contributed by atoms with Gasteiger partial charge in [0, 0.05) is 19.0 Å². The highest BCUT2D eigenvalue weighted by molar-refractivity contribution is 5.23. The lowest BCUT2D eigenvalue weighted by Crippen LogP contribution is -2.44. The van der Waals surface area contributed by atoms with Gasteiger partial charge in [0.15, 0.2) is 0 Å². The van der Waals surface area contributed by atoms with Crippen LogP contribution in [0.4, 0.5) is 4.39 Å². The van der Waals surface area contributed by atoms with Crippen LogP contribution in [0, 0.1) is 5.82 Å². The second kappa shape index (κ2) is 5.86. The molecule has 1 aliphatic heterocycles. The largest absolute Gasteiger partial charge is 0.302 e. The van der Waals surface area contributed by atoms with Crippen molar-refractivity contribution in [2.45, 2.75) is 26.7 Å². The summed E-state index contributed by atoms with van der Waals surface area (Å²) in [5.74, 6) is 0.482. The zero-order valence-electron chi connectivity index (χ0n) is 9.83. The first-order chi connectivity index (χ1) is 7.29. The summed E-state index contributed by atoms with van der Waals surface area (Å²) in [5, 5.41) is 0. The molecule has 1 fully saturated rings. The zero-order chi connectivity index (χ0) is 11.3. The van der Waals surface area contributed by atoms with Crippen LogP contribution in [0.25, 0.3) is 0 Å². The molecular formula is C13H20FN. The predicted molar refractivity (Wildman–Crippen MR) is 62.6 cm³/mol. The van der Waals surface area contributed by atoms with Crippen LogP contribution in [0.5, 0.6) is 0 Å². The van der Waals surface area contributed by atoms with E-state index >= 15 is 0 Å². The van der Waals surface area contributed by atoms with Gasteiger partial charge in [0.1, 0.15) is 5.82 Å². The molecule has 1 nitrogen and oxygen atoms in total. The van der Waals surface area contributed by atoms with Gasteiger partial charge in [-0.05, 0) is 24.2 Å². The maximum Gasteiger partial charge on any atom is 0.123 e. The Morgan fingerprint density at radius 3 is 2.20 bits per heavy atom. The lowest BCUT2D eigenvalue weighted by atomic mass is 9.92. The summed E-state index contributed by atoms with van der Waals surface area (Å²) in [4.78, 5) is 2.38. The molecular weight excluding hydrogens is 189 g/mol. The molecule has 1 saturated heterocycles. The Kier molecular flexibility index (Phi) is 4.76. The number of hydrogen-bond acceptors (Lipinski definition) is 1. The molecule has 15 heavy (non-hydrogen) atoms. The summed E-state index contributed by atoms with van der Waals surface area (Å²) >= 11 is 0. The predicted octanol–water partition coefficient (Wildman–Crippen LogP) is 3.27. The summed E-state index contributed by atoms with van der Waals surface area (Å²) in [6, 6.07) is 6.88. The highest BCUT2D eigenvalue weighted by atomic mass is 19.1. The van der Waals surface area contributed by atoms with E-state index in [9.17, 15) is 4.39 Å². The minimum absolute atomic E-state index is 0.143. The summed E-state index contributed by atoms with van der Waals surface area (Å²) in [7, 11) is 0. The first kappa shape index (κ1) is 12.2. The lowest BCUT2D eigenvalue weighted by molar-refractivity contribution is 0.157. The van der Waals surface area contributed by atoms with E-state index < -0.39 is 0 Å². The van der Waals surface area contributed by atoms with Crippen molar-refractivity contribution in [3.63, 3.8) is 0 Å². The second-order valence-corrected chi connectivity index (χ2v) is 3.60. The number of likely N-dealkylation sites (N-methyl/N-ethyl adjacent to an activating group) is 1. The van der Waals surface area contributed by atoms with Crippen molar-refractivity contribution in [1.29, 1.82) is 0 Å². The van der Waals surface area contributed by atoms with Crippen molar-refractivity contribution in [2.24, 2.45) is 0 Å². The van der Waals surface area contributed by atoms with Crippen LogP contribution in [0.1, 0.15) is 32.3 Å². The van der Waals surface area contributed by atoms with Gasteiger partial charge in [-0.2, -0.15) is 0 Å². The van der Waals surface area contributed by atoms with Crippen LogP contribution in [0.2, 0.25) is 0 Å². The van der Waals surface area contributed by atoms with Crippen LogP contribution >= 0.6 is 0 Å². The minimum atomic E-state index is -0.143. The molecule has 2 heteroatoms. The molecule has 0 unspecified atom stereocenters. The van der Waals surface area contributed by atoms with E-state index in [0.29, 0.717) is 5.92 Å². The van der Waals surface area contributed by atoms with Gasteiger partial charge in [-0.1, -0.05) is 32.9 Å². The van der Waals surface area contributed by atoms with E-state index in [2.05, 4.69) is 11.8 Å². The number of rotatable bonds is 2. The Morgan fingerprint density at radius 2 is 1.73 bits per heavy atom. The third-order valence-corrected chi connectivity index (χ3v) is 2.75. The molecule has 0 radical (unpaired) electrons. The number of hydrogen-bond donors (Lipinski definition) is 0. The minimum Gasteiger partial charge on any atom is -0.302 e. The molecule has 1 aliphatic rings. The Hall–Kier alpha value is -0.890. The average molecular weight is 209 g/mol. The van der Waals surface area contributed by atoms with Gasteiger partial charge in [-0.15, -0.1) is 0 Å². The van der Waals surface area contributed by atoms with E-state index in [-0.39, 0.29) is 5.82 Å². The Morgan fingerprint density at radius 1 is 1.20 bits per heavy atom. The zero-order valence-corrected chi connectivity index (χ0v) is 9.83. The maximum atomic E-state index is 12.6. The smallest absolute Gasteiger partial charge is 0.123 e. The summed E-state index contributed by atoms with van der Waals surface area (Å²) in [6.07, 6.45) is 0. The van der Waals surface area contributed by atoms with Crippen LogP contribution in [0.15, 0.2) is 24.3 Å². The average Bonchev–Trinajstić information content (AvgIpc) is 2.22. The molecule has 2 rings (SSSR count). The van der Waals surface area contributed by atoms with E-state index in [0.717, 1.165) is 19.6 Å². The van der Waals surface area contributed by atoms with Crippen molar-refractivity contribution in [3.05, 3.63) is 35.6 Å². The van der Waals surface area contributed by atoms with Gasteiger partial charge in [0.2, 0.25) is 0 Å². The van der Waals surface area contributed by atoms with E-state index in [4.69, 9.17) is 0 Å². The molecule has 0 N–H and O–H groups in total. The Bertz CT molecular complexity index is 275. The Labute approximate surface area is 91.9 Å². The molecule has 0 aromatic heterocycles. The SMILES string of the molecule is CC.CCN1CC(c2ccc(F)cc2)C1. The van der Waals surface area contributed by atoms with E-state index in [1.165, 1.54) is 5.56 Å². The van der Waals surface area contributed by atoms with Gasteiger partial charge in [-0.25, -0.2) is 4.39 Å². The van der Waals surface area contributed by atoms with Crippen molar-refractivity contribution in [3.8, 4) is 0 Å². The van der Waals surface area contributed by atoms with Crippen LogP contribution in [-0.2, 0) is 0 Å². The quantitative estimate of drug-likeness (QED) is 0.722. The lowest BCUT2D eigenvalue weighted by Gasteiger charge is -2.38. The third-order valence-electron chi connectivity index (χ3n) is 2.75. The molecule has 1 aromatic rings. The molecule has 0 saturated carbocycles. The molecule has 0 bridgehead atoms. The van der Waals surface area contributed by atoms with Gasteiger partial charge in [-0.3, -0.25) is 0 Å². The van der Waals surface area contributed by atoms with Crippen molar-refractivity contribution in [2.75, 3.05) is 19.6 Å². The van der Waals surface area contributed by atoms with E-state index in [1.54, 1.807) is 12.1 Å². The van der Waals surface area contributed by atoms with Gasteiger partial charge < -0.3 is 4.90 Å². The molecule has 0 spiro atoms. The molecule has 0 atom stereocenters. The number of likely N-dealkylation sites (tertiary alicyclic amines) is 1. The van der Waals surface area contributed by atoms with Crippen molar-refractivity contribution in [1.82, 2.24) is 4.90 Å². The number of nitrogens with zero attached hydrogens (tertiary/aromatic N) is 1. The molecule has 1 aromatic carbocycles. The summed E-state index contributed by atoms with van der Waals surface area (Å²) in [6.45, 7) is 9.54. The standard InChI is InChI=1S/C11H14FN.C2H6/c1-2-13-7-10(8-13)9-3-5-11(12)6-4-9;1-2/h3-6,10H,2,7-8H2,1H3;1-2H3. The normalized spacial score (nSPS) is 16.5. The van der Waals surface area contributed by atoms with Crippen LogP contribution in [-0.4, -0.2) is 24.5 Å². The first-order valence-electron chi connectivity index (χ1n) is 5.77. The monoisotopic (exact) mass is 209 g/mol. The fraction of sp³-hybridized carbons (Fsp3) is 0.538. The van der Waals surface area contributed by atoms with Crippen LogP contribution in [0.3, 0.4) is 0 Å². The topological polar surface area (TPSA) is 3.24 Å². The number of halogens is 1. The van der Waals surface area contributed by atoms with Crippen LogP contribution < -0.4 is 0 Å². The van der Waals surface area contributed by atoms with Crippen molar-refractivity contribution >= 4 is 0 Å². The highest BCUT2D eigenvalue weighted by Crippen LogP contribution is 2.26. The summed E-state index contributed by atoms with van der Waals surface area (Å²) < 4.78 is 12.6.